The van der Waals surface area contributed by atoms with E-state index in [9.17, 15) is 29.4 Å². The highest BCUT2D eigenvalue weighted by Crippen LogP contribution is 2.33. The summed E-state index contributed by atoms with van der Waals surface area (Å²) in [6, 6.07) is 13.1. The third-order valence-corrected chi connectivity index (χ3v) is 7.41. The lowest BCUT2D eigenvalue weighted by Gasteiger charge is -2.15. The van der Waals surface area contributed by atoms with Gasteiger partial charge in [-0.2, -0.15) is 5.26 Å². The number of thiazole rings is 1. The van der Waals surface area contributed by atoms with Gasteiger partial charge in [-0.05, 0) is 59.8 Å². The molecule has 0 amide bonds. The van der Waals surface area contributed by atoms with E-state index < -0.39 is 27.5 Å². The number of hydrogen-bond acceptors (Lipinski definition) is 9. The zero-order valence-electron chi connectivity index (χ0n) is 20.9. The number of nitriles is 1. The van der Waals surface area contributed by atoms with Crippen molar-refractivity contribution in [3.05, 3.63) is 102 Å². The first-order valence-corrected chi connectivity index (χ1v) is 13.0. The topological polar surface area (TPSA) is 132 Å². The summed E-state index contributed by atoms with van der Waals surface area (Å²) in [5, 5.41) is 22.1. The molecule has 0 spiro atoms. The highest BCUT2D eigenvalue weighted by Gasteiger charge is 2.27. The zero-order valence-corrected chi connectivity index (χ0v) is 22.5. The minimum atomic E-state index is -0.904. The van der Waals surface area contributed by atoms with Gasteiger partial charge in [-0.3, -0.25) is 24.3 Å². The van der Waals surface area contributed by atoms with Crippen LogP contribution in [-0.2, 0) is 4.79 Å². The van der Waals surface area contributed by atoms with Crippen LogP contribution >= 0.6 is 23.1 Å². The van der Waals surface area contributed by atoms with Crippen molar-refractivity contribution >= 4 is 46.2 Å². The van der Waals surface area contributed by atoms with Crippen LogP contribution in [0.3, 0.4) is 0 Å². The standard InChI is InChI=1S/C27H20FN5O4S2/c1-27(2,3)23(34)19(15-29)25-32(18-8-6-17(28)7-9-18)24(35)22(38-25)14-16-5-10-21(20(13-16)33(36)37)39-26-30-11-4-12-31-26/h4-14H,1-3H3/b22-14-,25-19-. The summed E-state index contributed by atoms with van der Waals surface area (Å²) in [6.07, 6.45) is 4.51. The van der Waals surface area contributed by atoms with Crippen LogP contribution in [0.15, 0.2) is 75.8 Å². The molecule has 2 aromatic heterocycles. The molecule has 0 saturated carbocycles. The Labute approximate surface area is 229 Å². The lowest BCUT2D eigenvalue weighted by molar-refractivity contribution is -0.387. The number of benzene rings is 2. The van der Waals surface area contributed by atoms with E-state index in [2.05, 4.69) is 9.97 Å². The Bertz CT molecular complexity index is 1800. The van der Waals surface area contributed by atoms with Gasteiger partial charge in [-0.1, -0.05) is 26.8 Å². The van der Waals surface area contributed by atoms with Crippen molar-refractivity contribution in [2.75, 3.05) is 0 Å². The predicted octanol–water partition coefficient (Wildman–Crippen LogP) is 4.01. The van der Waals surface area contributed by atoms with E-state index in [1.165, 1.54) is 59.4 Å². The fraction of sp³-hybridized carbons (Fsp3) is 0.148. The van der Waals surface area contributed by atoms with E-state index in [4.69, 9.17) is 0 Å². The van der Waals surface area contributed by atoms with Gasteiger partial charge in [0.2, 0.25) is 0 Å². The van der Waals surface area contributed by atoms with Crippen LogP contribution in [0, 0.1) is 32.7 Å². The van der Waals surface area contributed by atoms with Crippen molar-refractivity contribution < 1.29 is 14.1 Å². The van der Waals surface area contributed by atoms with Crippen LogP contribution in [0.25, 0.3) is 17.3 Å². The number of aromatic nitrogens is 3. The van der Waals surface area contributed by atoms with Crippen molar-refractivity contribution in [2.45, 2.75) is 30.8 Å². The fourth-order valence-corrected chi connectivity index (χ4v) is 5.39. The average molecular weight is 562 g/mol. The molecular formula is C27H20FN5O4S2. The third-order valence-electron chi connectivity index (χ3n) is 5.36. The molecule has 9 nitrogen and oxygen atoms in total. The van der Waals surface area contributed by atoms with Crippen molar-refractivity contribution in [1.29, 1.82) is 5.26 Å². The molecule has 4 aromatic rings. The Morgan fingerprint density at radius 3 is 2.44 bits per heavy atom. The summed E-state index contributed by atoms with van der Waals surface area (Å²) >= 11 is 1.93. The maximum absolute atomic E-state index is 13.6. The molecule has 0 aliphatic rings. The van der Waals surface area contributed by atoms with Crippen molar-refractivity contribution in [3.8, 4) is 11.8 Å². The number of nitrogens with zero attached hydrogens (tertiary/aromatic N) is 5. The Morgan fingerprint density at radius 1 is 1.18 bits per heavy atom. The smallest absolute Gasteiger partial charge is 0.283 e. The minimum Gasteiger partial charge on any atom is -0.293 e. The second-order valence-corrected chi connectivity index (χ2v) is 11.3. The van der Waals surface area contributed by atoms with Crippen LogP contribution in [0.4, 0.5) is 10.1 Å². The van der Waals surface area contributed by atoms with Crippen LogP contribution in [0.2, 0.25) is 0 Å². The Kier molecular flexibility index (Phi) is 7.85. The molecule has 0 N–H and O–H groups in total. The van der Waals surface area contributed by atoms with E-state index in [1.54, 1.807) is 32.9 Å². The van der Waals surface area contributed by atoms with Gasteiger partial charge < -0.3 is 0 Å². The summed E-state index contributed by atoms with van der Waals surface area (Å²) in [5.74, 6) is -0.981. The second kappa shape index (κ2) is 11.1. The summed E-state index contributed by atoms with van der Waals surface area (Å²) < 4.78 is 15.0. The molecule has 0 fully saturated rings. The monoisotopic (exact) mass is 561 g/mol. The lowest BCUT2D eigenvalue weighted by Crippen LogP contribution is -2.33. The van der Waals surface area contributed by atoms with E-state index in [0.29, 0.717) is 15.6 Å². The van der Waals surface area contributed by atoms with Gasteiger partial charge in [0.05, 0.1) is 20.0 Å². The average Bonchev–Trinajstić information content (AvgIpc) is 3.21. The van der Waals surface area contributed by atoms with Gasteiger partial charge in [0.25, 0.3) is 11.2 Å². The van der Waals surface area contributed by atoms with E-state index in [1.807, 2.05) is 6.07 Å². The Balaban J connectivity index is 1.95. The number of ketones is 1. The highest BCUT2D eigenvalue weighted by molar-refractivity contribution is 7.99. The molecule has 196 valence electrons. The minimum absolute atomic E-state index is 0.0863. The highest BCUT2D eigenvalue weighted by atomic mass is 32.2. The first-order valence-electron chi connectivity index (χ1n) is 11.4. The first-order chi connectivity index (χ1) is 18.5. The normalized spacial score (nSPS) is 12.6. The zero-order chi connectivity index (χ0) is 28.3. The maximum Gasteiger partial charge on any atom is 0.283 e. The molecule has 0 unspecified atom stereocenters. The number of halogens is 1. The molecule has 0 aliphatic heterocycles. The van der Waals surface area contributed by atoms with Crippen molar-refractivity contribution in [3.63, 3.8) is 0 Å². The van der Waals surface area contributed by atoms with Crippen LogP contribution < -0.4 is 14.8 Å². The summed E-state index contributed by atoms with van der Waals surface area (Å²) in [6.45, 7) is 4.98. The van der Waals surface area contributed by atoms with Crippen molar-refractivity contribution in [1.82, 2.24) is 14.5 Å². The largest absolute Gasteiger partial charge is 0.293 e. The predicted molar refractivity (Wildman–Crippen MR) is 145 cm³/mol. The van der Waals surface area contributed by atoms with Gasteiger partial charge >= 0.3 is 0 Å². The van der Waals surface area contributed by atoms with Crippen molar-refractivity contribution in [2.24, 2.45) is 5.41 Å². The molecule has 12 heteroatoms. The Morgan fingerprint density at radius 2 is 1.85 bits per heavy atom. The number of carbonyl (C=O) groups is 1. The first kappa shape index (κ1) is 27.6. The number of carbonyl (C=O) groups excluding carboxylic acids is 1. The van der Waals surface area contributed by atoms with Crippen LogP contribution in [0.1, 0.15) is 26.3 Å². The van der Waals surface area contributed by atoms with Gasteiger partial charge in [0.1, 0.15) is 22.1 Å². The molecule has 4 rings (SSSR count). The molecule has 0 saturated heterocycles. The third kappa shape index (κ3) is 6.00. The molecule has 0 radical (unpaired) electrons. The van der Waals surface area contributed by atoms with E-state index in [-0.39, 0.29) is 26.1 Å². The lowest BCUT2D eigenvalue weighted by atomic mass is 9.87. The molecule has 2 heterocycles. The molecule has 2 aromatic carbocycles. The van der Waals surface area contributed by atoms with Crippen LogP contribution in [-0.4, -0.2) is 25.2 Å². The Hall–Kier alpha value is -4.47. The summed E-state index contributed by atoms with van der Waals surface area (Å²) in [4.78, 5) is 46.4. The molecule has 39 heavy (non-hydrogen) atoms. The van der Waals surface area contributed by atoms with Gasteiger partial charge in [0, 0.05) is 23.9 Å². The second-order valence-electron chi connectivity index (χ2n) is 9.22. The number of rotatable bonds is 6. The maximum atomic E-state index is 13.6. The number of nitro groups is 1. The summed E-state index contributed by atoms with van der Waals surface area (Å²) in [7, 11) is 0. The summed E-state index contributed by atoms with van der Waals surface area (Å²) in [5.41, 5.74) is -1.26. The van der Waals surface area contributed by atoms with Crippen LogP contribution in [0.5, 0.6) is 0 Å². The SMILES string of the molecule is CC(C)(C)C(=O)/C(C#N)=c1\s/c(=C\c2ccc(Sc3ncccn3)c([N+](=O)[O-])c2)c(=O)n1-c1ccc(F)cc1. The van der Waals surface area contributed by atoms with Gasteiger partial charge in [-0.15, -0.1) is 11.3 Å². The molecule has 0 bridgehead atoms. The van der Waals surface area contributed by atoms with E-state index >= 15 is 0 Å². The molecular weight excluding hydrogens is 541 g/mol. The number of nitro benzene ring substituents is 1. The fourth-order valence-electron chi connectivity index (χ4n) is 3.49. The van der Waals surface area contributed by atoms with Gasteiger partial charge in [-0.25, -0.2) is 14.4 Å². The van der Waals surface area contributed by atoms with Gasteiger partial charge in [0.15, 0.2) is 10.9 Å². The molecule has 0 atom stereocenters. The number of Topliss-reactive ketones (excluding diaryl/α,β-unsaturated/α-hetero) is 1. The number of hydrogen-bond donors (Lipinski definition) is 0. The molecule has 0 aliphatic carbocycles. The quantitative estimate of drug-likeness (QED) is 0.196. The van der Waals surface area contributed by atoms with E-state index in [0.717, 1.165) is 23.1 Å².